The van der Waals surface area contributed by atoms with Gasteiger partial charge in [0.1, 0.15) is 5.76 Å². The van der Waals surface area contributed by atoms with E-state index in [-0.39, 0.29) is 11.1 Å². The summed E-state index contributed by atoms with van der Waals surface area (Å²) >= 11 is 0. The van der Waals surface area contributed by atoms with Crippen LogP contribution < -0.4 is 5.32 Å². The number of sulfonamides is 1. The zero-order valence-corrected chi connectivity index (χ0v) is 13.1. The zero-order chi connectivity index (χ0) is 15.5. The molecule has 6 nitrogen and oxygen atoms in total. The molecule has 7 heteroatoms. The molecule has 21 heavy (non-hydrogen) atoms. The summed E-state index contributed by atoms with van der Waals surface area (Å²) in [4.78, 5) is 3.98. The lowest BCUT2D eigenvalue weighted by atomic mass is 10.1. The second-order valence-electron chi connectivity index (χ2n) is 4.89. The number of nitrogens with zero attached hydrogens (tertiary/aromatic N) is 2. The van der Waals surface area contributed by atoms with E-state index in [1.54, 1.807) is 18.5 Å². The van der Waals surface area contributed by atoms with Crippen LogP contribution in [-0.2, 0) is 16.6 Å². The van der Waals surface area contributed by atoms with Gasteiger partial charge in [-0.15, -0.1) is 0 Å². The molecule has 2 aromatic heterocycles. The molecule has 0 amide bonds. The van der Waals surface area contributed by atoms with E-state index in [2.05, 4.69) is 10.3 Å². The van der Waals surface area contributed by atoms with Gasteiger partial charge in [0, 0.05) is 32.5 Å². The minimum atomic E-state index is -3.52. The molecule has 0 spiro atoms. The van der Waals surface area contributed by atoms with E-state index in [0.717, 1.165) is 9.87 Å². The summed E-state index contributed by atoms with van der Waals surface area (Å²) in [7, 11) is -0.569. The molecule has 1 N–H and O–H groups in total. The van der Waals surface area contributed by atoms with Crippen LogP contribution in [0.25, 0.3) is 0 Å². The van der Waals surface area contributed by atoms with Gasteiger partial charge in [0.15, 0.2) is 0 Å². The monoisotopic (exact) mass is 309 g/mol. The van der Waals surface area contributed by atoms with E-state index >= 15 is 0 Å². The van der Waals surface area contributed by atoms with Crippen molar-refractivity contribution in [1.82, 2.24) is 14.6 Å². The third kappa shape index (κ3) is 3.69. The molecule has 0 saturated heterocycles. The molecule has 0 aromatic carbocycles. The summed E-state index contributed by atoms with van der Waals surface area (Å²) in [6.07, 6.45) is 3.48. The number of hydrogen-bond acceptors (Lipinski definition) is 5. The Hall–Kier alpha value is -1.70. The number of pyridine rings is 1. The Morgan fingerprint density at radius 3 is 2.52 bits per heavy atom. The highest BCUT2D eigenvalue weighted by molar-refractivity contribution is 7.88. The molecule has 2 aromatic rings. The first-order valence-corrected chi connectivity index (χ1v) is 8.00. The van der Waals surface area contributed by atoms with Gasteiger partial charge in [0.2, 0.25) is 5.09 Å². The summed E-state index contributed by atoms with van der Waals surface area (Å²) in [5.74, 6) is 0.580. The summed E-state index contributed by atoms with van der Waals surface area (Å²) in [5, 5.41) is 3.24. The van der Waals surface area contributed by atoms with Crippen molar-refractivity contribution in [2.75, 3.05) is 14.1 Å². The third-order valence-corrected chi connectivity index (χ3v) is 4.85. The molecular formula is C14H19N3O3S. The van der Waals surface area contributed by atoms with Gasteiger partial charge in [-0.25, -0.2) is 12.7 Å². The third-order valence-electron chi connectivity index (χ3n) is 3.16. The number of aromatic nitrogens is 1. The van der Waals surface area contributed by atoms with Crippen LogP contribution >= 0.6 is 0 Å². The average Bonchev–Trinajstić information content (AvgIpc) is 2.95. The first-order valence-electron chi connectivity index (χ1n) is 6.56. The summed E-state index contributed by atoms with van der Waals surface area (Å²) in [6.45, 7) is 2.47. The Morgan fingerprint density at radius 1 is 1.24 bits per heavy atom. The lowest BCUT2D eigenvalue weighted by Gasteiger charge is -2.12. The van der Waals surface area contributed by atoms with Crippen molar-refractivity contribution in [3.8, 4) is 0 Å². The van der Waals surface area contributed by atoms with Crippen LogP contribution in [0.4, 0.5) is 0 Å². The van der Waals surface area contributed by atoms with Gasteiger partial charge in [0.05, 0.1) is 6.54 Å². The number of rotatable bonds is 6. The van der Waals surface area contributed by atoms with Gasteiger partial charge < -0.3 is 9.73 Å². The lowest BCUT2D eigenvalue weighted by Crippen LogP contribution is -2.21. The van der Waals surface area contributed by atoms with Crippen molar-refractivity contribution in [2.45, 2.75) is 24.6 Å². The Labute approximate surface area is 124 Å². The van der Waals surface area contributed by atoms with Crippen LogP contribution in [0.1, 0.15) is 24.3 Å². The summed E-state index contributed by atoms with van der Waals surface area (Å²) in [5.41, 5.74) is 1.11. The molecule has 2 rings (SSSR count). The number of hydrogen-bond donors (Lipinski definition) is 1. The van der Waals surface area contributed by atoms with Crippen molar-refractivity contribution < 1.29 is 12.8 Å². The van der Waals surface area contributed by atoms with Crippen LogP contribution in [0.2, 0.25) is 0 Å². The first kappa shape index (κ1) is 15.7. The van der Waals surface area contributed by atoms with Crippen molar-refractivity contribution >= 4 is 10.0 Å². The fourth-order valence-corrected chi connectivity index (χ4v) is 2.61. The Balaban J connectivity index is 2.01. The quantitative estimate of drug-likeness (QED) is 0.880. The maximum Gasteiger partial charge on any atom is 0.275 e. The van der Waals surface area contributed by atoms with Gasteiger partial charge in [-0.1, -0.05) is 0 Å². The molecule has 114 valence electrons. The molecule has 1 atom stereocenters. The van der Waals surface area contributed by atoms with E-state index in [4.69, 9.17) is 4.42 Å². The van der Waals surface area contributed by atoms with Crippen molar-refractivity contribution in [3.63, 3.8) is 0 Å². The fourth-order valence-electron chi connectivity index (χ4n) is 1.80. The van der Waals surface area contributed by atoms with Gasteiger partial charge >= 0.3 is 0 Å². The molecule has 0 bridgehead atoms. The predicted molar refractivity (Wildman–Crippen MR) is 79.1 cm³/mol. The average molecular weight is 309 g/mol. The standard InChI is InChI=1S/C14H19N3O3S/c1-11(12-6-8-15-9-7-12)16-10-13-4-5-14(20-13)21(18,19)17(2)3/h4-9,11,16H,10H2,1-3H3. The molecule has 0 aliphatic carbocycles. The Kier molecular flexibility index (Phi) is 4.76. The van der Waals surface area contributed by atoms with Crippen LogP contribution in [0.3, 0.4) is 0 Å². The van der Waals surface area contributed by atoms with E-state index in [9.17, 15) is 8.42 Å². The van der Waals surface area contributed by atoms with Crippen LogP contribution in [0.15, 0.2) is 46.2 Å². The van der Waals surface area contributed by atoms with Crippen LogP contribution in [0, 0.1) is 0 Å². The van der Waals surface area contributed by atoms with Gasteiger partial charge in [-0.2, -0.15) is 0 Å². The van der Waals surface area contributed by atoms with Crippen molar-refractivity contribution in [3.05, 3.63) is 48.0 Å². The highest BCUT2D eigenvalue weighted by Gasteiger charge is 2.21. The topological polar surface area (TPSA) is 75.4 Å². The smallest absolute Gasteiger partial charge is 0.275 e. The van der Waals surface area contributed by atoms with Crippen LogP contribution in [-0.4, -0.2) is 31.8 Å². The highest BCUT2D eigenvalue weighted by Crippen LogP contribution is 2.18. The lowest BCUT2D eigenvalue weighted by molar-refractivity contribution is 0.382. The second-order valence-corrected chi connectivity index (χ2v) is 6.97. The maximum absolute atomic E-state index is 11.9. The number of furan rings is 1. The van der Waals surface area contributed by atoms with Crippen LogP contribution in [0.5, 0.6) is 0 Å². The van der Waals surface area contributed by atoms with Gasteiger partial charge in [-0.05, 0) is 36.8 Å². The normalized spacial score (nSPS) is 13.5. The second kappa shape index (κ2) is 6.38. The molecule has 1 unspecified atom stereocenters. The van der Waals surface area contributed by atoms with Gasteiger partial charge in [0.25, 0.3) is 10.0 Å². The Morgan fingerprint density at radius 2 is 1.90 bits per heavy atom. The summed E-state index contributed by atoms with van der Waals surface area (Å²) < 4.78 is 30.3. The predicted octanol–water partition coefficient (Wildman–Crippen LogP) is 1.78. The molecule has 0 saturated carbocycles. The van der Waals surface area contributed by atoms with E-state index < -0.39 is 10.0 Å². The molecule has 0 radical (unpaired) electrons. The molecule has 0 fully saturated rings. The van der Waals surface area contributed by atoms with Crippen molar-refractivity contribution in [2.24, 2.45) is 0 Å². The summed E-state index contributed by atoms with van der Waals surface area (Å²) in [6, 6.07) is 7.13. The first-order chi connectivity index (χ1) is 9.91. The van der Waals surface area contributed by atoms with Crippen molar-refractivity contribution in [1.29, 1.82) is 0 Å². The van der Waals surface area contributed by atoms with E-state index in [0.29, 0.717) is 12.3 Å². The SMILES string of the molecule is CC(NCc1ccc(S(=O)(=O)N(C)C)o1)c1ccncc1. The zero-order valence-electron chi connectivity index (χ0n) is 12.3. The molecular weight excluding hydrogens is 290 g/mol. The maximum atomic E-state index is 11.9. The molecule has 0 aliphatic rings. The highest BCUT2D eigenvalue weighted by atomic mass is 32.2. The van der Waals surface area contributed by atoms with E-state index in [1.165, 1.54) is 20.2 Å². The Bertz CT molecular complexity index is 680. The molecule has 0 aliphatic heterocycles. The number of nitrogens with one attached hydrogen (secondary N) is 1. The minimum absolute atomic E-state index is 0.0409. The minimum Gasteiger partial charge on any atom is -0.447 e. The largest absolute Gasteiger partial charge is 0.447 e. The van der Waals surface area contributed by atoms with E-state index in [1.807, 2.05) is 19.1 Å². The fraction of sp³-hybridized carbons (Fsp3) is 0.357. The molecule has 2 heterocycles. The van der Waals surface area contributed by atoms with Gasteiger partial charge in [-0.3, -0.25) is 4.98 Å².